The van der Waals surface area contributed by atoms with E-state index in [1.54, 1.807) is 12.2 Å². The molecule has 1 unspecified atom stereocenters. The average Bonchev–Trinajstić information content (AvgIpc) is 2.30. The zero-order chi connectivity index (χ0) is 11.5. The molecule has 16 heavy (non-hydrogen) atoms. The van der Waals surface area contributed by atoms with Crippen molar-refractivity contribution >= 4 is 5.97 Å². The summed E-state index contributed by atoms with van der Waals surface area (Å²) in [6.07, 6.45) is 7.38. The molecule has 0 aromatic carbocycles. The fourth-order valence-corrected chi connectivity index (χ4v) is 2.26. The van der Waals surface area contributed by atoms with E-state index in [1.807, 2.05) is 6.20 Å². The van der Waals surface area contributed by atoms with E-state index in [2.05, 4.69) is 17.1 Å². The van der Waals surface area contributed by atoms with Crippen LogP contribution in [-0.2, 0) is 4.79 Å². The third kappa shape index (κ3) is 2.27. The zero-order valence-electron chi connectivity index (χ0n) is 9.52. The van der Waals surface area contributed by atoms with Crippen LogP contribution in [0.4, 0.5) is 0 Å². The van der Waals surface area contributed by atoms with Gasteiger partial charge in [-0.15, -0.1) is 0 Å². The second-order valence-electron chi connectivity index (χ2n) is 4.57. The van der Waals surface area contributed by atoms with E-state index in [-0.39, 0.29) is 6.17 Å². The van der Waals surface area contributed by atoms with E-state index < -0.39 is 5.97 Å². The number of hydrogen-bond acceptors (Lipinski definition) is 3. The normalized spacial score (nSPS) is 27.3. The molecule has 1 saturated heterocycles. The fraction of sp³-hybridized carbons (Fsp3) is 0.583. The number of nitrogens with zero attached hydrogens (tertiary/aromatic N) is 1. The van der Waals surface area contributed by atoms with Crippen LogP contribution < -0.4 is 5.32 Å². The topological polar surface area (TPSA) is 52.6 Å². The van der Waals surface area contributed by atoms with Crippen LogP contribution in [0, 0.1) is 5.92 Å². The minimum atomic E-state index is -0.833. The van der Waals surface area contributed by atoms with E-state index in [0.717, 1.165) is 31.8 Å². The first-order valence-corrected chi connectivity index (χ1v) is 5.78. The highest BCUT2D eigenvalue weighted by atomic mass is 16.4. The third-order valence-corrected chi connectivity index (χ3v) is 3.35. The lowest BCUT2D eigenvalue weighted by atomic mass is 9.97. The summed E-state index contributed by atoms with van der Waals surface area (Å²) in [5.74, 6) is -0.0758. The Kier molecular flexibility index (Phi) is 3.29. The van der Waals surface area contributed by atoms with Gasteiger partial charge in [-0.2, -0.15) is 0 Å². The van der Waals surface area contributed by atoms with Crippen LogP contribution in [0.3, 0.4) is 0 Å². The Morgan fingerprint density at radius 3 is 2.81 bits per heavy atom. The summed E-state index contributed by atoms with van der Waals surface area (Å²) in [4.78, 5) is 13.3. The van der Waals surface area contributed by atoms with Crippen molar-refractivity contribution in [2.24, 2.45) is 5.92 Å². The summed E-state index contributed by atoms with van der Waals surface area (Å²) in [7, 11) is 0. The molecule has 2 aliphatic rings. The van der Waals surface area contributed by atoms with Gasteiger partial charge < -0.3 is 10.4 Å². The molecule has 4 nitrogen and oxygen atoms in total. The number of carboxylic acids is 1. The molecule has 0 aromatic heterocycles. The number of carbonyl (C=O) groups is 1. The fourth-order valence-electron chi connectivity index (χ4n) is 2.26. The molecule has 0 radical (unpaired) electrons. The first kappa shape index (κ1) is 11.2. The molecule has 0 saturated carbocycles. The number of nitrogens with one attached hydrogen (secondary N) is 1. The van der Waals surface area contributed by atoms with Crippen molar-refractivity contribution in [1.82, 2.24) is 10.2 Å². The van der Waals surface area contributed by atoms with Gasteiger partial charge in [0, 0.05) is 13.1 Å². The molecule has 2 aliphatic heterocycles. The van der Waals surface area contributed by atoms with Crippen LogP contribution >= 0.6 is 0 Å². The Morgan fingerprint density at radius 2 is 2.19 bits per heavy atom. The van der Waals surface area contributed by atoms with Gasteiger partial charge in [-0.05, 0) is 37.1 Å². The Labute approximate surface area is 95.6 Å². The summed E-state index contributed by atoms with van der Waals surface area (Å²) >= 11 is 0. The Morgan fingerprint density at radius 1 is 1.50 bits per heavy atom. The van der Waals surface area contributed by atoms with Gasteiger partial charge in [-0.1, -0.05) is 6.92 Å². The number of hydrogen-bond donors (Lipinski definition) is 2. The predicted octanol–water partition coefficient (Wildman–Crippen LogP) is 1.17. The number of likely N-dealkylation sites (tertiary alicyclic amines) is 1. The van der Waals surface area contributed by atoms with Crippen LogP contribution in [0.5, 0.6) is 0 Å². The largest absolute Gasteiger partial charge is 0.478 e. The standard InChI is InChI=1S/C12H18N2O2/c1-9-4-7-14(8-5-9)11-10(12(15)16)3-2-6-13-11/h2-3,6,9,11,13H,4-5,7-8H2,1H3,(H,15,16). The monoisotopic (exact) mass is 222 g/mol. The Hall–Kier alpha value is -1.29. The molecule has 4 heteroatoms. The van der Waals surface area contributed by atoms with E-state index >= 15 is 0 Å². The molecule has 0 spiro atoms. The zero-order valence-corrected chi connectivity index (χ0v) is 9.52. The molecule has 2 rings (SSSR count). The first-order valence-electron chi connectivity index (χ1n) is 5.78. The second-order valence-corrected chi connectivity index (χ2v) is 4.57. The molecule has 0 bridgehead atoms. The van der Waals surface area contributed by atoms with Crippen molar-refractivity contribution < 1.29 is 9.90 Å². The van der Waals surface area contributed by atoms with Crippen LogP contribution in [0.15, 0.2) is 23.9 Å². The maximum absolute atomic E-state index is 11.1. The van der Waals surface area contributed by atoms with Crippen LogP contribution in [0.1, 0.15) is 19.8 Å². The van der Waals surface area contributed by atoms with Gasteiger partial charge in [0.25, 0.3) is 0 Å². The van der Waals surface area contributed by atoms with Gasteiger partial charge in [-0.3, -0.25) is 4.90 Å². The van der Waals surface area contributed by atoms with E-state index in [1.165, 1.54) is 0 Å². The SMILES string of the molecule is CC1CCN(C2NC=CC=C2C(=O)O)CC1. The highest BCUT2D eigenvalue weighted by molar-refractivity contribution is 5.88. The lowest BCUT2D eigenvalue weighted by molar-refractivity contribution is -0.133. The molecule has 2 heterocycles. The van der Waals surface area contributed by atoms with Crippen molar-refractivity contribution in [3.63, 3.8) is 0 Å². The molecule has 0 aromatic rings. The number of carboxylic acid groups (broad SMARTS) is 1. The molecular formula is C12H18N2O2. The lowest BCUT2D eigenvalue weighted by Crippen LogP contribution is -2.50. The van der Waals surface area contributed by atoms with Crippen LogP contribution in [-0.4, -0.2) is 35.2 Å². The predicted molar refractivity (Wildman–Crippen MR) is 61.8 cm³/mol. The van der Waals surface area contributed by atoms with Gasteiger partial charge >= 0.3 is 5.97 Å². The first-order chi connectivity index (χ1) is 7.68. The quantitative estimate of drug-likeness (QED) is 0.736. The molecule has 0 aliphatic carbocycles. The average molecular weight is 222 g/mol. The molecule has 0 amide bonds. The van der Waals surface area contributed by atoms with Gasteiger partial charge in [0.1, 0.15) is 6.17 Å². The van der Waals surface area contributed by atoms with Crippen LogP contribution in [0.2, 0.25) is 0 Å². The highest BCUT2D eigenvalue weighted by Crippen LogP contribution is 2.21. The van der Waals surface area contributed by atoms with Gasteiger partial charge in [0.05, 0.1) is 5.57 Å². The van der Waals surface area contributed by atoms with Gasteiger partial charge in [0.15, 0.2) is 0 Å². The van der Waals surface area contributed by atoms with Crippen molar-refractivity contribution in [3.05, 3.63) is 23.9 Å². The number of piperidine rings is 1. The summed E-state index contributed by atoms with van der Waals surface area (Å²) in [5.41, 5.74) is 0.442. The second kappa shape index (κ2) is 4.70. The molecule has 1 atom stereocenters. The molecular weight excluding hydrogens is 204 g/mol. The van der Waals surface area contributed by atoms with E-state index in [0.29, 0.717) is 5.57 Å². The minimum absolute atomic E-state index is 0.157. The minimum Gasteiger partial charge on any atom is -0.478 e. The summed E-state index contributed by atoms with van der Waals surface area (Å²) in [6.45, 7) is 4.19. The molecule has 2 N–H and O–H groups in total. The lowest BCUT2D eigenvalue weighted by Gasteiger charge is -2.37. The van der Waals surface area contributed by atoms with Crippen molar-refractivity contribution in [3.8, 4) is 0 Å². The number of rotatable bonds is 2. The molecule has 88 valence electrons. The maximum atomic E-state index is 11.1. The Balaban J connectivity index is 2.06. The van der Waals surface area contributed by atoms with Crippen LogP contribution in [0.25, 0.3) is 0 Å². The van der Waals surface area contributed by atoms with Gasteiger partial charge in [0.2, 0.25) is 0 Å². The summed E-state index contributed by atoms with van der Waals surface area (Å²) in [5, 5.41) is 12.3. The van der Waals surface area contributed by atoms with E-state index in [9.17, 15) is 4.79 Å². The number of dihydropyridines is 1. The van der Waals surface area contributed by atoms with Gasteiger partial charge in [-0.25, -0.2) is 4.79 Å². The smallest absolute Gasteiger partial charge is 0.335 e. The highest BCUT2D eigenvalue weighted by Gasteiger charge is 2.29. The van der Waals surface area contributed by atoms with Crippen molar-refractivity contribution in [2.75, 3.05) is 13.1 Å². The Bertz CT molecular complexity index is 328. The van der Waals surface area contributed by atoms with Crippen molar-refractivity contribution in [1.29, 1.82) is 0 Å². The maximum Gasteiger partial charge on any atom is 0.335 e. The van der Waals surface area contributed by atoms with Crippen molar-refractivity contribution in [2.45, 2.75) is 25.9 Å². The summed E-state index contributed by atoms with van der Waals surface area (Å²) in [6, 6.07) is 0. The van der Waals surface area contributed by atoms with E-state index in [4.69, 9.17) is 5.11 Å². The molecule has 1 fully saturated rings. The number of allylic oxidation sites excluding steroid dienone is 2. The summed E-state index contributed by atoms with van der Waals surface area (Å²) < 4.78 is 0. The third-order valence-electron chi connectivity index (χ3n) is 3.35. The number of aliphatic carboxylic acids is 1.